The van der Waals surface area contributed by atoms with Crippen molar-refractivity contribution in [1.82, 2.24) is 15.0 Å². The molecule has 0 aromatic carbocycles. The molecule has 0 radical (unpaired) electrons. The van der Waals surface area contributed by atoms with E-state index in [1.807, 2.05) is 0 Å². The molecule has 6 nitrogen and oxygen atoms in total. The average Bonchev–Trinajstić information content (AvgIpc) is 2.62. The second-order valence-corrected chi connectivity index (χ2v) is 2.99. The molecule has 0 spiro atoms. The fourth-order valence-electron chi connectivity index (χ4n) is 0.846. The van der Waals surface area contributed by atoms with Crippen molar-refractivity contribution in [3.8, 4) is 0 Å². The van der Waals surface area contributed by atoms with Gasteiger partial charge in [-0.3, -0.25) is 9.59 Å². The van der Waals surface area contributed by atoms with E-state index in [1.165, 1.54) is 6.92 Å². The Balaban J connectivity index is 2.96. The zero-order valence-corrected chi connectivity index (χ0v) is 8.02. The first-order chi connectivity index (χ1) is 7.23. The Kier molecular flexibility index (Phi) is 2.97. The third-order valence-electron chi connectivity index (χ3n) is 1.81. The van der Waals surface area contributed by atoms with Crippen molar-refractivity contribution in [2.24, 2.45) is 5.73 Å². The van der Waals surface area contributed by atoms with Crippen molar-refractivity contribution >= 4 is 11.7 Å². The van der Waals surface area contributed by atoms with E-state index in [-0.39, 0.29) is 0 Å². The van der Waals surface area contributed by atoms with Gasteiger partial charge in [0, 0.05) is 0 Å². The Bertz CT molecular complexity index is 426. The minimum atomic E-state index is -5.02. The van der Waals surface area contributed by atoms with Crippen LogP contribution in [0.3, 0.4) is 0 Å². The Morgan fingerprint density at radius 2 is 2.06 bits per heavy atom. The molecule has 1 heterocycles. The van der Waals surface area contributed by atoms with Crippen molar-refractivity contribution < 1.29 is 22.8 Å². The fourth-order valence-corrected chi connectivity index (χ4v) is 0.846. The van der Waals surface area contributed by atoms with Crippen LogP contribution in [0.1, 0.15) is 23.5 Å². The van der Waals surface area contributed by atoms with Crippen molar-refractivity contribution in [3.05, 3.63) is 11.9 Å². The maximum absolute atomic E-state index is 12.0. The summed E-state index contributed by atoms with van der Waals surface area (Å²) in [4.78, 5) is 21.4. The molecule has 1 aromatic heterocycles. The molecule has 9 heteroatoms. The van der Waals surface area contributed by atoms with E-state index in [9.17, 15) is 22.8 Å². The molecule has 1 rings (SSSR count). The lowest BCUT2D eigenvalue weighted by atomic mass is 10.3. The number of alkyl halides is 3. The highest BCUT2D eigenvalue weighted by atomic mass is 19.4. The second-order valence-electron chi connectivity index (χ2n) is 2.99. The maximum atomic E-state index is 12.0. The van der Waals surface area contributed by atoms with Gasteiger partial charge in [-0.05, 0) is 6.92 Å². The monoisotopic (exact) mass is 236 g/mol. The second kappa shape index (κ2) is 3.91. The number of amides is 1. The lowest BCUT2D eigenvalue weighted by molar-refractivity contribution is -0.120. The summed E-state index contributed by atoms with van der Waals surface area (Å²) < 4.78 is 36.7. The van der Waals surface area contributed by atoms with Gasteiger partial charge in [-0.2, -0.15) is 13.2 Å². The number of hydrogen-bond acceptors (Lipinski definition) is 4. The Labute approximate surface area is 87.2 Å². The first kappa shape index (κ1) is 12.1. The highest BCUT2D eigenvalue weighted by Crippen LogP contribution is 2.20. The van der Waals surface area contributed by atoms with Gasteiger partial charge in [-0.15, -0.1) is 5.10 Å². The van der Waals surface area contributed by atoms with E-state index < -0.39 is 29.6 Å². The molecule has 0 fully saturated rings. The number of rotatable bonds is 3. The largest absolute Gasteiger partial charge is 0.456 e. The van der Waals surface area contributed by atoms with Crippen molar-refractivity contribution in [3.63, 3.8) is 0 Å². The number of carbonyl (C=O) groups is 2. The minimum absolute atomic E-state index is 0.727. The van der Waals surface area contributed by atoms with E-state index >= 15 is 0 Å². The number of halogens is 3. The van der Waals surface area contributed by atoms with Crippen molar-refractivity contribution in [2.45, 2.75) is 19.1 Å². The molecule has 0 saturated heterocycles. The quantitative estimate of drug-likeness (QED) is 0.752. The molecule has 0 saturated carbocycles. The first-order valence-electron chi connectivity index (χ1n) is 4.06. The molecule has 1 aromatic rings. The van der Waals surface area contributed by atoms with Crippen molar-refractivity contribution in [2.75, 3.05) is 0 Å². The first-order valence-corrected chi connectivity index (χ1v) is 4.06. The van der Waals surface area contributed by atoms with Crippen LogP contribution in [0.4, 0.5) is 13.2 Å². The topological polar surface area (TPSA) is 90.9 Å². The summed E-state index contributed by atoms with van der Waals surface area (Å²) in [7, 11) is 0. The molecular weight excluding hydrogens is 229 g/mol. The van der Waals surface area contributed by atoms with Gasteiger partial charge in [0.05, 0.1) is 6.20 Å². The molecule has 1 atom stereocenters. The summed E-state index contributed by atoms with van der Waals surface area (Å²) in [5.74, 6) is -2.91. The summed E-state index contributed by atoms with van der Waals surface area (Å²) in [5.41, 5.74) is 4.03. The number of Topliss-reactive ketones (excluding diaryl/α,β-unsaturated/α-hetero) is 1. The molecule has 16 heavy (non-hydrogen) atoms. The van der Waals surface area contributed by atoms with Gasteiger partial charge >= 0.3 is 6.18 Å². The lowest BCUT2D eigenvalue weighted by Gasteiger charge is -2.04. The number of primary amides is 1. The number of carbonyl (C=O) groups excluding carboxylic acids is 2. The number of nitrogens with zero attached hydrogens (tertiary/aromatic N) is 3. The van der Waals surface area contributed by atoms with E-state index in [0.717, 1.165) is 10.9 Å². The number of nitrogens with two attached hydrogens (primary N) is 1. The molecule has 0 bridgehead atoms. The van der Waals surface area contributed by atoms with Crippen LogP contribution >= 0.6 is 0 Å². The average molecular weight is 236 g/mol. The van der Waals surface area contributed by atoms with E-state index in [4.69, 9.17) is 5.73 Å². The zero-order chi connectivity index (χ0) is 12.5. The van der Waals surface area contributed by atoms with E-state index in [1.54, 1.807) is 0 Å². The Morgan fingerprint density at radius 3 is 2.50 bits per heavy atom. The Hall–Kier alpha value is -1.93. The molecule has 1 unspecified atom stereocenters. The molecule has 2 N–H and O–H groups in total. The summed E-state index contributed by atoms with van der Waals surface area (Å²) in [6, 6.07) is -0.970. The van der Waals surface area contributed by atoms with Gasteiger partial charge in [0.25, 0.3) is 5.78 Å². The van der Waals surface area contributed by atoms with Crippen molar-refractivity contribution in [1.29, 1.82) is 0 Å². The van der Waals surface area contributed by atoms with Crippen LogP contribution in [0.5, 0.6) is 0 Å². The number of hydrogen-bond donors (Lipinski definition) is 1. The highest BCUT2D eigenvalue weighted by molar-refractivity contribution is 5.98. The molecular formula is C7H7F3N4O2. The number of aromatic nitrogens is 3. The predicted molar refractivity (Wildman–Crippen MR) is 44.3 cm³/mol. The summed E-state index contributed by atoms with van der Waals surface area (Å²) in [5, 5.41) is 6.24. The lowest BCUT2D eigenvalue weighted by Crippen LogP contribution is -2.25. The van der Waals surface area contributed by atoms with Crippen LogP contribution in [-0.2, 0) is 4.79 Å². The third-order valence-corrected chi connectivity index (χ3v) is 1.81. The third kappa shape index (κ3) is 2.35. The van der Waals surface area contributed by atoms with E-state index in [2.05, 4.69) is 10.3 Å². The normalized spacial score (nSPS) is 13.5. The maximum Gasteiger partial charge on any atom is 0.456 e. The molecule has 0 aliphatic rings. The van der Waals surface area contributed by atoms with Crippen LogP contribution in [0, 0.1) is 0 Å². The number of ketones is 1. The van der Waals surface area contributed by atoms with Crippen LogP contribution in [0.25, 0.3) is 0 Å². The minimum Gasteiger partial charge on any atom is -0.368 e. The highest BCUT2D eigenvalue weighted by Gasteiger charge is 2.41. The molecule has 1 amide bonds. The van der Waals surface area contributed by atoms with Crippen LogP contribution < -0.4 is 5.73 Å². The zero-order valence-electron chi connectivity index (χ0n) is 8.02. The van der Waals surface area contributed by atoms with Gasteiger partial charge in [0.15, 0.2) is 5.69 Å². The smallest absolute Gasteiger partial charge is 0.368 e. The van der Waals surface area contributed by atoms with Gasteiger partial charge in [0.2, 0.25) is 5.91 Å². The van der Waals surface area contributed by atoms with E-state index in [0.29, 0.717) is 0 Å². The van der Waals surface area contributed by atoms with Crippen LogP contribution in [-0.4, -0.2) is 32.9 Å². The molecule has 0 aliphatic heterocycles. The summed E-state index contributed by atoms with van der Waals surface area (Å²) >= 11 is 0. The van der Waals surface area contributed by atoms with Crippen LogP contribution in [0.15, 0.2) is 6.20 Å². The molecule has 88 valence electrons. The molecule has 0 aliphatic carbocycles. The van der Waals surface area contributed by atoms with Crippen LogP contribution in [0.2, 0.25) is 0 Å². The van der Waals surface area contributed by atoms with Gasteiger partial charge < -0.3 is 5.73 Å². The predicted octanol–water partition coefficient (Wildman–Crippen LogP) is 0.0694. The summed E-state index contributed by atoms with van der Waals surface area (Å²) in [6.07, 6.45) is -4.29. The van der Waals surface area contributed by atoms with Gasteiger partial charge in [-0.1, -0.05) is 5.21 Å². The summed E-state index contributed by atoms with van der Waals surface area (Å²) in [6.45, 7) is 1.32. The Morgan fingerprint density at radius 1 is 1.50 bits per heavy atom. The SMILES string of the molecule is CC(C(N)=O)n1cc(C(=O)C(F)(F)F)nn1. The fraction of sp³-hybridized carbons (Fsp3) is 0.429. The van der Waals surface area contributed by atoms with Gasteiger partial charge in [-0.25, -0.2) is 4.68 Å². The van der Waals surface area contributed by atoms with Gasteiger partial charge in [0.1, 0.15) is 6.04 Å². The standard InChI is InChI=1S/C7H7F3N4O2/c1-3(6(11)16)14-2-4(12-13-14)5(15)7(8,9)10/h2-3H,1H3,(H2,11,16).